The Balaban J connectivity index is 1.48. The van der Waals surface area contributed by atoms with Crippen molar-refractivity contribution in [1.82, 2.24) is 19.8 Å². The van der Waals surface area contributed by atoms with Crippen LogP contribution in [0.4, 0.5) is 5.82 Å². The number of likely N-dealkylation sites (tertiary alicyclic amines) is 1. The first-order chi connectivity index (χ1) is 16.1. The smallest absolute Gasteiger partial charge is 0.220 e. The molecular weight excluding hydrogens is 414 g/mol. The van der Waals surface area contributed by atoms with Gasteiger partial charge in [-0.05, 0) is 44.7 Å². The molecule has 0 unspecified atom stereocenters. The summed E-state index contributed by atoms with van der Waals surface area (Å²) in [4.78, 5) is 26.5. The maximum Gasteiger partial charge on any atom is 0.220 e. The Labute approximate surface area is 196 Å². The van der Waals surface area contributed by atoms with Crippen LogP contribution < -0.4 is 5.32 Å². The van der Waals surface area contributed by atoms with E-state index in [1.165, 1.54) is 11.1 Å². The highest BCUT2D eigenvalue weighted by molar-refractivity contribution is 5.74. The molecule has 1 amide bonds. The molecule has 5 rings (SSSR count). The lowest BCUT2D eigenvalue weighted by molar-refractivity contribution is -0.129. The van der Waals surface area contributed by atoms with Gasteiger partial charge in [0.15, 0.2) is 5.82 Å². The number of fused-ring (bicyclic) bond motifs is 1. The van der Waals surface area contributed by atoms with Crippen LogP contribution in [-0.4, -0.2) is 65.6 Å². The van der Waals surface area contributed by atoms with E-state index in [1.54, 1.807) is 6.92 Å². The Hall–Kier alpha value is -2.51. The summed E-state index contributed by atoms with van der Waals surface area (Å²) < 4.78 is 5.73. The average Bonchev–Trinajstić information content (AvgIpc) is 3.34. The number of hydrogen-bond acceptors (Lipinski definition) is 6. The Morgan fingerprint density at radius 1 is 1.18 bits per heavy atom. The van der Waals surface area contributed by atoms with Gasteiger partial charge in [-0.2, -0.15) is 0 Å². The summed E-state index contributed by atoms with van der Waals surface area (Å²) in [5, 5.41) is 3.78. The molecule has 1 aromatic carbocycles. The number of amides is 1. The molecular formula is C26H35N5O2. The number of nitrogens with zero attached hydrogens (tertiary/aromatic N) is 4. The lowest BCUT2D eigenvalue weighted by atomic mass is 9.74. The molecule has 7 heteroatoms. The minimum atomic E-state index is -0.0215. The highest BCUT2D eigenvalue weighted by Gasteiger charge is 2.36. The van der Waals surface area contributed by atoms with E-state index in [4.69, 9.17) is 14.7 Å². The predicted octanol–water partition coefficient (Wildman–Crippen LogP) is 3.31. The van der Waals surface area contributed by atoms with Crippen molar-refractivity contribution in [3.05, 3.63) is 53.0 Å². The molecule has 4 heterocycles. The maximum absolute atomic E-state index is 12.2. The summed E-state index contributed by atoms with van der Waals surface area (Å²) in [5.41, 5.74) is 3.73. The Bertz CT molecular complexity index is 990. The number of aromatic nitrogens is 2. The predicted molar refractivity (Wildman–Crippen MR) is 128 cm³/mol. The number of likely N-dealkylation sites (N-methyl/N-ethyl adjacent to an activating group) is 1. The van der Waals surface area contributed by atoms with E-state index >= 15 is 0 Å². The van der Waals surface area contributed by atoms with Gasteiger partial charge >= 0.3 is 0 Å². The monoisotopic (exact) mass is 449 g/mol. The normalized spacial score (nSPS) is 22.7. The SMILES string of the molecule is CC(=O)N1CCC[C@@H]1c1nc2c(c(NCC3(c4ccccc4)CCOCC3)n1)CCN(C)C2. The van der Waals surface area contributed by atoms with Gasteiger partial charge in [0, 0.05) is 57.3 Å². The fourth-order valence-electron chi connectivity index (χ4n) is 5.66. The van der Waals surface area contributed by atoms with Gasteiger partial charge in [-0.1, -0.05) is 30.3 Å². The highest BCUT2D eigenvalue weighted by Crippen LogP contribution is 2.37. The lowest BCUT2D eigenvalue weighted by Crippen LogP contribution is -2.40. The largest absolute Gasteiger partial charge is 0.381 e. The van der Waals surface area contributed by atoms with E-state index in [9.17, 15) is 4.79 Å². The van der Waals surface area contributed by atoms with E-state index in [0.717, 1.165) is 88.8 Å². The van der Waals surface area contributed by atoms with Gasteiger partial charge in [-0.3, -0.25) is 4.79 Å². The van der Waals surface area contributed by atoms with Gasteiger partial charge in [0.1, 0.15) is 5.82 Å². The number of ether oxygens (including phenoxy) is 1. The molecule has 2 fully saturated rings. The van der Waals surface area contributed by atoms with Gasteiger partial charge in [-0.15, -0.1) is 0 Å². The molecule has 7 nitrogen and oxygen atoms in total. The Morgan fingerprint density at radius 2 is 1.97 bits per heavy atom. The summed E-state index contributed by atoms with van der Waals surface area (Å²) in [6, 6.07) is 10.8. The van der Waals surface area contributed by atoms with Crippen LogP contribution in [0.25, 0.3) is 0 Å². The minimum absolute atomic E-state index is 0.0215. The molecule has 3 aliphatic rings. The summed E-state index contributed by atoms with van der Waals surface area (Å²) >= 11 is 0. The summed E-state index contributed by atoms with van der Waals surface area (Å²) in [6.07, 6.45) is 4.86. The van der Waals surface area contributed by atoms with E-state index in [-0.39, 0.29) is 17.4 Å². The van der Waals surface area contributed by atoms with Crippen molar-refractivity contribution in [2.45, 2.75) is 57.0 Å². The molecule has 1 aromatic heterocycles. The van der Waals surface area contributed by atoms with Crippen molar-refractivity contribution in [3.63, 3.8) is 0 Å². The molecule has 0 spiro atoms. The Kier molecular flexibility index (Phi) is 6.34. The van der Waals surface area contributed by atoms with Crippen LogP contribution in [0.15, 0.2) is 30.3 Å². The van der Waals surface area contributed by atoms with Crippen molar-refractivity contribution in [3.8, 4) is 0 Å². The second kappa shape index (κ2) is 9.39. The van der Waals surface area contributed by atoms with Gasteiger partial charge < -0.3 is 19.9 Å². The van der Waals surface area contributed by atoms with Gasteiger partial charge in [-0.25, -0.2) is 9.97 Å². The molecule has 3 aliphatic heterocycles. The zero-order valence-corrected chi connectivity index (χ0v) is 19.8. The standard InChI is InChI=1S/C26H35N5O2/c1-19(32)31-13-6-9-23(31)25-28-22-17-30(2)14-10-21(22)24(29-25)27-18-26(11-15-33-16-12-26)20-7-4-3-5-8-20/h3-5,7-8,23H,6,9-18H2,1-2H3,(H,27,28,29)/t23-/m1/s1. The number of benzene rings is 1. The van der Waals surface area contributed by atoms with Gasteiger partial charge in [0.25, 0.3) is 0 Å². The quantitative estimate of drug-likeness (QED) is 0.755. The molecule has 0 aliphatic carbocycles. The average molecular weight is 450 g/mol. The zero-order valence-electron chi connectivity index (χ0n) is 19.8. The highest BCUT2D eigenvalue weighted by atomic mass is 16.5. The molecule has 1 atom stereocenters. The zero-order chi connectivity index (χ0) is 22.8. The fraction of sp³-hybridized carbons (Fsp3) is 0.577. The first kappa shape index (κ1) is 22.3. The second-order valence-electron chi connectivity index (χ2n) is 9.83. The molecule has 0 radical (unpaired) electrons. The molecule has 0 saturated carbocycles. The number of hydrogen-bond donors (Lipinski definition) is 1. The third-order valence-corrected chi connectivity index (χ3v) is 7.66. The van der Waals surface area contributed by atoms with Crippen LogP contribution in [0.5, 0.6) is 0 Å². The fourth-order valence-corrected chi connectivity index (χ4v) is 5.66. The first-order valence-corrected chi connectivity index (χ1v) is 12.3. The number of carbonyl (C=O) groups is 1. The van der Waals surface area contributed by atoms with Crippen LogP contribution >= 0.6 is 0 Å². The molecule has 2 saturated heterocycles. The van der Waals surface area contributed by atoms with Gasteiger partial charge in [0.05, 0.1) is 11.7 Å². The van der Waals surface area contributed by atoms with Crippen LogP contribution in [0.3, 0.4) is 0 Å². The van der Waals surface area contributed by atoms with Crippen molar-refractivity contribution in [2.24, 2.45) is 0 Å². The third kappa shape index (κ3) is 4.49. The van der Waals surface area contributed by atoms with E-state index < -0.39 is 0 Å². The maximum atomic E-state index is 12.2. The third-order valence-electron chi connectivity index (χ3n) is 7.66. The van der Waals surface area contributed by atoms with Crippen molar-refractivity contribution < 1.29 is 9.53 Å². The molecule has 33 heavy (non-hydrogen) atoms. The summed E-state index contributed by atoms with van der Waals surface area (Å²) in [7, 11) is 2.14. The van der Waals surface area contributed by atoms with Gasteiger partial charge in [0.2, 0.25) is 5.91 Å². The molecule has 176 valence electrons. The first-order valence-electron chi connectivity index (χ1n) is 12.3. The van der Waals surface area contributed by atoms with Crippen molar-refractivity contribution in [1.29, 1.82) is 0 Å². The van der Waals surface area contributed by atoms with Crippen LogP contribution in [0.1, 0.15) is 61.3 Å². The van der Waals surface area contributed by atoms with Crippen LogP contribution in [0.2, 0.25) is 0 Å². The number of anilines is 1. The number of rotatable bonds is 5. The Morgan fingerprint density at radius 3 is 2.73 bits per heavy atom. The van der Waals surface area contributed by atoms with Crippen molar-refractivity contribution >= 4 is 11.7 Å². The van der Waals surface area contributed by atoms with Crippen LogP contribution in [-0.2, 0) is 27.9 Å². The van der Waals surface area contributed by atoms with E-state index in [1.807, 2.05) is 4.90 Å². The lowest BCUT2D eigenvalue weighted by Gasteiger charge is -2.38. The topological polar surface area (TPSA) is 70.6 Å². The van der Waals surface area contributed by atoms with Crippen LogP contribution in [0, 0.1) is 0 Å². The molecule has 1 N–H and O–H groups in total. The van der Waals surface area contributed by atoms with E-state index in [0.29, 0.717) is 0 Å². The number of carbonyl (C=O) groups excluding carboxylic acids is 1. The van der Waals surface area contributed by atoms with Crippen molar-refractivity contribution in [2.75, 3.05) is 45.2 Å². The number of nitrogens with one attached hydrogen (secondary N) is 1. The molecule has 2 aromatic rings. The summed E-state index contributed by atoms with van der Waals surface area (Å²) in [5.74, 6) is 1.86. The minimum Gasteiger partial charge on any atom is -0.381 e. The second-order valence-corrected chi connectivity index (χ2v) is 9.83. The summed E-state index contributed by atoms with van der Waals surface area (Å²) in [6.45, 7) is 6.65. The molecule has 0 bridgehead atoms. The van der Waals surface area contributed by atoms with E-state index in [2.05, 4.69) is 47.6 Å².